The molecule has 1 aliphatic rings. The third-order valence-corrected chi connectivity index (χ3v) is 4.59. The molecule has 6 heteroatoms. The minimum Gasteiger partial charge on any atom is -0.326 e. The van der Waals surface area contributed by atoms with Gasteiger partial charge in [-0.15, -0.1) is 11.3 Å². The van der Waals surface area contributed by atoms with Crippen molar-refractivity contribution < 1.29 is 4.79 Å². The van der Waals surface area contributed by atoms with Crippen molar-refractivity contribution >= 4 is 28.5 Å². The molecule has 2 heterocycles. The summed E-state index contributed by atoms with van der Waals surface area (Å²) in [5.74, 6) is -0.126. The Kier molecular flexibility index (Phi) is 4.62. The molecule has 22 heavy (non-hydrogen) atoms. The monoisotopic (exact) mass is 314 g/mol. The third-order valence-electron chi connectivity index (χ3n) is 3.52. The van der Waals surface area contributed by atoms with Crippen LogP contribution in [-0.2, 0) is 6.54 Å². The van der Waals surface area contributed by atoms with Gasteiger partial charge in [0.2, 0.25) is 0 Å². The molecule has 1 aliphatic heterocycles. The highest BCUT2D eigenvalue weighted by Crippen LogP contribution is 2.25. The molecule has 0 saturated heterocycles. The molecule has 2 aromatic rings. The van der Waals surface area contributed by atoms with Crippen molar-refractivity contribution in [3.05, 3.63) is 52.0 Å². The summed E-state index contributed by atoms with van der Waals surface area (Å²) in [5, 5.41) is 7.09. The maximum atomic E-state index is 12.3. The summed E-state index contributed by atoms with van der Waals surface area (Å²) in [5.41, 5.74) is 8.58. The number of thiazole rings is 1. The van der Waals surface area contributed by atoms with Gasteiger partial charge in [0.25, 0.3) is 5.91 Å². The lowest BCUT2D eigenvalue weighted by Crippen LogP contribution is -2.19. The zero-order valence-electron chi connectivity index (χ0n) is 12.1. The summed E-state index contributed by atoms with van der Waals surface area (Å²) in [6.45, 7) is 2.32. The Morgan fingerprint density at radius 3 is 2.86 bits per heavy atom. The number of nitrogens with zero attached hydrogens (tertiary/aromatic N) is 1. The van der Waals surface area contributed by atoms with Gasteiger partial charge in [-0.05, 0) is 36.2 Å². The molecular formula is C16H18N4OS. The molecule has 0 aliphatic carbocycles. The minimum absolute atomic E-state index is 0.126. The van der Waals surface area contributed by atoms with Crippen molar-refractivity contribution in [1.82, 2.24) is 10.3 Å². The fourth-order valence-electron chi connectivity index (χ4n) is 2.26. The fraction of sp³-hybridized carbons (Fsp3) is 0.250. The largest absolute Gasteiger partial charge is 0.326 e. The summed E-state index contributed by atoms with van der Waals surface area (Å²) in [4.78, 5) is 17.3. The second-order valence-corrected chi connectivity index (χ2v) is 6.10. The zero-order valence-corrected chi connectivity index (χ0v) is 13.0. The van der Waals surface area contributed by atoms with Gasteiger partial charge in [-0.25, -0.2) is 4.98 Å². The SMILES string of the molecule is NCc1ccc(NC(=O)c2cnc(C3=CCNCC3)s2)cc1. The average molecular weight is 314 g/mol. The van der Waals surface area contributed by atoms with Gasteiger partial charge in [0, 0.05) is 18.8 Å². The summed E-state index contributed by atoms with van der Waals surface area (Å²) in [7, 11) is 0. The Bertz CT molecular complexity index is 690. The van der Waals surface area contributed by atoms with Gasteiger partial charge in [0.1, 0.15) is 9.88 Å². The number of hydrogen-bond donors (Lipinski definition) is 3. The number of hydrogen-bond acceptors (Lipinski definition) is 5. The van der Waals surface area contributed by atoms with Crippen molar-refractivity contribution in [3.8, 4) is 0 Å². The van der Waals surface area contributed by atoms with Crippen LogP contribution in [0.2, 0.25) is 0 Å². The first kappa shape index (κ1) is 14.9. The van der Waals surface area contributed by atoms with Crippen LogP contribution in [0.3, 0.4) is 0 Å². The Hall–Kier alpha value is -2.02. The maximum absolute atomic E-state index is 12.3. The smallest absolute Gasteiger partial charge is 0.267 e. The number of nitrogens with two attached hydrogens (primary N) is 1. The van der Waals surface area contributed by atoms with Crippen molar-refractivity contribution in [1.29, 1.82) is 0 Å². The second kappa shape index (κ2) is 6.83. The van der Waals surface area contributed by atoms with Crippen molar-refractivity contribution in [2.45, 2.75) is 13.0 Å². The third kappa shape index (κ3) is 3.41. The van der Waals surface area contributed by atoms with Gasteiger partial charge in [0.05, 0.1) is 6.20 Å². The van der Waals surface area contributed by atoms with Crippen LogP contribution < -0.4 is 16.4 Å². The van der Waals surface area contributed by atoms with E-state index in [4.69, 9.17) is 5.73 Å². The Morgan fingerprint density at radius 1 is 1.36 bits per heavy atom. The number of carbonyl (C=O) groups excluding carboxylic acids is 1. The predicted molar refractivity (Wildman–Crippen MR) is 89.9 cm³/mol. The van der Waals surface area contributed by atoms with Crippen LogP contribution in [0, 0.1) is 0 Å². The van der Waals surface area contributed by atoms with E-state index in [9.17, 15) is 4.79 Å². The lowest BCUT2D eigenvalue weighted by molar-refractivity contribution is 0.103. The summed E-state index contributed by atoms with van der Waals surface area (Å²) in [6, 6.07) is 7.54. The van der Waals surface area contributed by atoms with E-state index in [-0.39, 0.29) is 5.91 Å². The number of rotatable bonds is 4. The van der Waals surface area contributed by atoms with E-state index < -0.39 is 0 Å². The van der Waals surface area contributed by atoms with Crippen LogP contribution in [0.5, 0.6) is 0 Å². The van der Waals surface area contributed by atoms with Crippen molar-refractivity contribution in [2.24, 2.45) is 5.73 Å². The van der Waals surface area contributed by atoms with E-state index >= 15 is 0 Å². The number of nitrogens with one attached hydrogen (secondary N) is 2. The van der Waals surface area contributed by atoms with Gasteiger partial charge < -0.3 is 16.4 Å². The molecular weight excluding hydrogens is 296 g/mol. The molecule has 1 aromatic carbocycles. The molecule has 0 unspecified atom stereocenters. The molecule has 0 bridgehead atoms. The molecule has 0 saturated carbocycles. The summed E-state index contributed by atoms with van der Waals surface area (Å²) >= 11 is 1.44. The molecule has 0 radical (unpaired) electrons. The second-order valence-electron chi connectivity index (χ2n) is 5.07. The standard InChI is InChI=1S/C16H18N4OS/c17-9-11-1-3-13(4-2-11)20-15(21)14-10-19-16(22-14)12-5-7-18-8-6-12/h1-5,10,18H,6-9,17H2,(H,20,21). The van der Waals surface area contributed by atoms with Crippen LogP contribution in [0.4, 0.5) is 5.69 Å². The van der Waals surface area contributed by atoms with Gasteiger partial charge in [0.15, 0.2) is 0 Å². The first-order chi connectivity index (χ1) is 10.8. The summed E-state index contributed by atoms with van der Waals surface area (Å²) < 4.78 is 0. The highest BCUT2D eigenvalue weighted by Gasteiger charge is 2.14. The van der Waals surface area contributed by atoms with Gasteiger partial charge >= 0.3 is 0 Å². The van der Waals surface area contributed by atoms with Crippen LogP contribution in [0.25, 0.3) is 5.57 Å². The minimum atomic E-state index is -0.126. The number of aromatic nitrogens is 1. The Balaban J connectivity index is 1.69. The van der Waals surface area contributed by atoms with E-state index in [0.29, 0.717) is 11.4 Å². The van der Waals surface area contributed by atoms with Crippen molar-refractivity contribution in [2.75, 3.05) is 18.4 Å². The normalized spacial score (nSPS) is 14.5. The van der Waals surface area contributed by atoms with E-state index in [0.717, 1.165) is 35.8 Å². The molecule has 0 spiro atoms. The zero-order chi connectivity index (χ0) is 15.4. The lowest BCUT2D eigenvalue weighted by atomic mass is 10.1. The summed E-state index contributed by atoms with van der Waals surface area (Å²) in [6.07, 6.45) is 4.73. The van der Waals surface area contributed by atoms with Gasteiger partial charge in [-0.2, -0.15) is 0 Å². The molecule has 0 fully saturated rings. The average Bonchev–Trinajstić information content (AvgIpc) is 3.06. The molecule has 3 rings (SSSR count). The van der Waals surface area contributed by atoms with Gasteiger partial charge in [-0.3, -0.25) is 4.79 Å². The molecule has 1 amide bonds. The maximum Gasteiger partial charge on any atom is 0.267 e. The van der Waals surface area contributed by atoms with Crippen LogP contribution in [-0.4, -0.2) is 24.0 Å². The molecule has 4 N–H and O–H groups in total. The van der Waals surface area contributed by atoms with Crippen molar-refractivity contribution in [3.63, 3.8) is 0 Å². The van der Waals surface area contributed by atoms with Gasteiger partial charge in [-0.1, -0.05) is 18.2 Å². The quantitative estimate of drug-likeness (QED) is 0.808. The number of benzene rings is 1. The molecule has 114 valence electrons. The molecule has 1 aromatic heterocycles. The first-order valence-electron chi connectivity index (χ1n) is 7.22. The number of carbonyl (C=O) groups is 1. The fourth-order valence-corrected chi connectivity index (χ4v) is 3.14. The van der Waals surface area contributed by atoms with E-state index in [1.807, 2.05) is 24.3 Å². The Labute approximate surface area is 133 Å². The predicted octanol–water partition coefficient (Wildman–Crippen LogP) is 2.23. The highest BCUT2D eigenvalue weighted by molar-refractivity contribution is 7.14. The van der Waals surface area contributed by atoms with Crippen LogP contribution in [0.1, 0.15) is 26.7 Å². The highest BCUT2D eigenvalue weighted by atomic mass is 32.1. The lowest BCUT2D eigenvalue weighted by Gasteiger charge is -2.11. The topological polar surface area (TPSA) is 80.0 Å². The van der Waals surface area contributed by atoms with Crippen LogP contribution in [0.15, 0.2) is 36.5 Å². The van der Waals surface area contributed by atoms with E-state index in [1.54, 1.807) is 6.20 Å². The van der Waals surface area contributed by atoms with E-state index in [2.05, 4.69) is 21.7 Å². The number of anilines is 1. The van der Waals surface area contributed by atoms with E-state index in [1.165, 1.54) is 16.9 Å². The Morgan fingerprint density at radius 2 is 2.18 bits per heavy atom. The van der Waals surface area contributed by atoms with Crippen LogP contribution >= 0.6 is 11.3 Å². The molecule has 0 atom stereocenters. The number of amides is 1. The first-order valence-corrected chi connectivity index (χ1v) is 8.04. The molecule has 5 nitrogen and oxygen atoms in total.